The van der Waals surface area contributed by atoms with Crippen molar-refractivity contribution in [3.05, 3.63) is 0 Å². The van der Waals surface area contributed by atoms with E-state index in [9.17, 15) is 4.79 Å². The standard InChI is InChI=1S/C9H15NOS2/c1-6(2)4-8-5-13-9(12)10(8)7(3)11/h6,8H,4-5H2,1-3H3/t8-/m1/s1. The molecule has 4 heteroatoms. The average Bonchev–Trinajstić information content (AvgIpc) is 2.30. The first-order chi connectivity index (χ1) is 6.02. The molecule has 0 unspecified atom stereocenters. The van der Waals surface area contributed by atoms with Crippen molar-refractivity contribution in [2.45, 2.75) is 33.2 Å². The van der Waals surface area contributed by atoms with Crippen molar-refractivity contribution in [1.82, 2.24) is 4.90 Å². The Labute approximate surface area is 89.1 Å². The van der Waals surface area contributed by atoms with Gasteiger partial charge in [0.25, 0.3) is 0 Å². The highest BCUT2D eigenvalue weighted by molar-refractivity contribution is 8.23. The molecule has 0 aromatic heterocycles. The minimum Gasteiger partial charge on any atom is -0.294 e. The minimum absolute atomic E-state index is 0.0839. The van der Waals surface area contributed by atoms with E-state index in [2.05, 4.69) is 13.8 Å². The summed E-state index contributed by atoms with van der Waals surface area (Å²) in [5.41, 5.74) is 0. The lowest BCUT2D eigenvalue weighted by molar-refractivity contribution is -0.126. The first-order valence-corrected chi connectivity index (χ1v) is 5.88. The second-order valence-corrected chi connectivity index (χ2v) is 5.40. The lowest BCUT2D eigenvalue weighted by Gasteiger charge is -2.23. The topological polar surface area (TPSA) is 20.3 Å². The number of hydrogen-bond donors (Lipinski definition) is 0. The second-order valence-electron chi connectivity index (χ2n) is 3.75. The number of amides is 1. The molecular formula is C9H15NOS2. The zero-order valence-electron chi connectivity index (χ0n) is 8.24. The van der Waals surface area contributed by atoms with Crippen LogP contribution in [0.3, 0.4) is 0 Å². The molecule has 1 saturated heterocycles. The highest BCUT2D eigenvalue weighted by Gasteiger charge is 2.31. The Bertz CT molecular complexity index is 228. The molecule has 0 aromatic carbocycles. The number of carbonyl (C=O) groups is 1. The van der Waals surface area contributed by atoms with Gasteiger partial charge in [-0.15, -0.1) is 0 Å². The van der Waals surface area contributed by atoms with Gasteiger partial charge in [-0.1, -0.05) is 37.8 Å². The largest absolute Gasteiger partial charge is 0.294 e. The van der Waals surface area contributed by atoms with Gasteiger partial charge in [-0.05, 0) is 12.3 Å². The monoisotopic (exact) mass is 217 g/mol. The summed E-state index contributed by atoms with van der Waals surface area (Å²) >= 11 is 6.73. The molecule has 0 aromatic rings. The summed E-state index contributed by atoms with van der Waals surface area (Å²) in [7, 11) is 0. The van der Waals surface area contributed by atoms with Crippen LogP contribution in [-0.2, 0) is 4.79 Å². The summed E-state index contributed by atoms with van der Waals surface area (Å²) < 4.78 is 0.748. The number of hydrogen-bond acceptors (Lipinski definition) is 3. The summed E-state index contributed by atoms with van der Waals surface area (Å²) in [6.07, 6.45) is 1.05. The quantitative estimate of drug-likeness (QED) is 0.662. The second kappa shape index (κ2) is 4.42. The third-order valence-electron chi connectivity index (χ3n) is 2.04. The molecule has 0 spiro atoms. The molecule has 1 aliphatic rings. The third kappa shape index (κ3) is 2.68. The van der Waals surface area contributed by atoms with Gasteiger partial charge in [-0.2, -0.15) is 0 Å². The van der Waals surface area contributed by atoms with Crippen LogP contribution in [0.5, 0.6) is 0 Å². The smallest absolute Gasteiger partial charge is 0.225 e. The number of nitrogens with zero attached hydrogens (tertiary/aromatic N) is 1. The maximum Gasteiger partial charge on any atom is 0.225 e. The van der Waals surface area contributed by atoms with Crippen LogP contribution in [-0.4, -0.2) is 26.9 Å². The van der Waals surface area contributed by atoms with E-state index in [1.165, 1.54) is 0 Å². The van der Waals surface area contributed by atoms with Crippen LogP contribution in [0.2, 0.25) is 0 Å². The van der Waals surface area contributed by atoms with E-state index in [1.807, 2.05) is 0 Å². The molecule has 0 radical (unpaired) electrons. The molecule has 2 nitrogen and oxygen atoms in total. The van der Waals surface area contributed by atoms with Gasteiger partial charge in [-0.3, -0.25) is 9.69 Å². The van der Waals surface area contributed by atoms with Gasteiger partial charge >= 0.3 is 0 Å². The molecular weight excluding hydrogens is 202 g/mol. The SMILES string of the molecule is CC(=O)N1C(=S)SC[C@H]1CC(C)C. The fourth-order valence-corrected chi connectivity index (χ4v) is 3.08. The van der Waals surface area contributed by atoms with Gasteiger partial charge in [0.05, 0.1) is 0 Å². The molecule has 1 fully saturated rings. The zero-order valence-corrected chi connectivity index (χ0v) is 9.87. The van der Waals surface area contributed by atoms with Crippen LogP contribution in [0.1, 0.15) is 27.2 Å². The number of rotatable bonds is 2. The summed E-state index contributed by atoms with van der Waals surface area (Å²) in [5.74, 6) is 1.67. The van der Waals surface area contributed by atoms with Gasteiger partial charge in [0, 0.05) is 18.7 Å². The Kier molecular flexibility index (Phi) is 3.74. The van der Waals surface area contributed by atoms with E-state index in [0.29, 0.717) is 12.0 Å². The number of thioether (sulfide) groups is 1. The zero-order chi connectivity index (χ0) is 10.0. The van der Waals surface area contributed by atoms with Crippen molar-refractivity contribution < 1.29 is 4.79 Å². The van der Waals surface area contributed by atoms with Crippen molar-refractivity contribution in [2.75, 3.05) is 5.75 Å². The molecule has 0 N–H and O–H groups in total. The van der Waals surface area contributed by atoms with Crippen molar-refractivity contribution >= 4 is 34.2 Å². The maximum atomic E-state index is 11.3. The Morgan fingerprint density at radius 1 is 1.77 bits per heavy atom. The van der Waals surface area contributed by atoms with Gasteiger partial charge < -0.3 is 0 Å². The van der Waals surface area contributed by atoms with Crippen molar-refractivity contribution in [2.24, 2.45) is 5.92 Å². The fraction of sp³-hybridized carbons (Fsp3) is 0.778. The highest BCUT2D eigenvalue weighted by Crippen LogP contribution is 2.28. The van der Waals surface area contributed by atoms with Crippen LogP contribution in [0.25, 0.3) is 0 Å². The molecule has 0 bridgehead atoms. The van der Waals surface area contributed by atoms with Crippen molar-refractivity contribution in [1.29, 1.82) is 0 Å². The summed E-state index contributed by atoms with van der Waals surface area (Å²) in [5, 5.41) is 0. The Hall–Kier alpha value is -0.0900. The van der Waals surface area contributed by atoms with Gasteiger partial charge in [-0.25, -0.2) is 0 Å². The van der Waals surface area contributed by atoms with Crippen LogP contribution >= 0.6 is 24.0 Å². The lowest BCUT2D eigenvalue weighted by atomic mass is 10.0. The molecule has 0 aliphatic carbocycles. The molecule has 0 saturated carbocycles. The van der Waals surface area contributed by atoms with Gasteiger partial charge in [0.2, 0.25) is 5.91 Å². The highest BCUT2D eigenvalue weighted by atomic mass is 32.2. The number of thiocarbonyl (C=S) groups is 1. The molecule has 1 atom stereocenters. The fourth-order valence-electron chi connectivity index (χ4n) is 1.56. The van der Waals surface area contributed by atoms with Crippen molar-refractivity contribution in [3.8, 4) is 0 Å². The van der Waals surface area contributed by atoms with Crippen LogP contribution in [0.15, 0.2) is 0 Å². The number of carbonyl (C=O) groups excluding carboxylic acids is 1. The van der Waals surface area contributed by atoms with E-state index in [4.69, 9.17) is 12.2 Å². The van der Waals surface area contributed by atoms with E-state index in [1.54, 1.807) is 23.6 Å². The first-order valence-electron chi connectivity index (χ1n) is 4.49. The predicted octanol–water partition coefficient (Wildman–Crippen LogP) is 2.28. The summed E-state index contributed by atoms with van der Waals surface area (Å²) in [6, 6.07) is 0.329. The van der Waals surface area contributed by atoms with E-state index in [-0.39, 0.29) is 5.91 Å². The summed E-state index contributed by atoms with van der Waals surface area (Å²) in [4.78, 5) is 13.0. The van der Waals surface area contributed by atoms with Crippen LogP contribution in [0, 0.1) is 5.92 Å². The average molecular weight is 217 g/mol. The molecule has 1 rings (SSSR count). The molecule has 1 heterocycles. The maximum absolute atomic E-state index is 11.3. The Balaban J connectivity index is 2.64. The predicted molar refractivity (Wildman–Crippen MR) is 60.8 cm³/mol. The molecule has 74 valence electrons. The third-order valence-corrected chi connectivity index (χ3v) is 3.59. The van der Waals surface area contributed by atoms with Gasteiger partial charge in [0.1, 0.15) is 4.32 Å². The molecule has 1 aliphatic heterocycles. The summed E-state index contributed by atoms with van der Waals surface area (Å²) in [6.45, 7) is 5.93. The lowest BCUT2D eigenvalue weighted by Crippen LogP contribution is -2.37. The van der Waals surface area contributed by atoms with E-state index in [0.717, 1.165) is 16.5 Å². The Morgan fingerprint density at radius 3 is 2.85 bits per heavy atom. The molecule has 13 heavy (non-hydrogen) atoms. The minimum atomic E-state index is 0.0839. The van der Waals surface area contributed by atoms with Crippen molar-refractivity contribution in [3.63, 3.8) is 0 Å². The van der Waals surface area contributed by atoms with Crippen LogP contribution < -0.4 is 0 Å². The normalized spacial score (nSPS) is 22.9. The van der Waals surface area contributed by atoms with Gasteiger partial charge in [0.15, 0.2) is 0 Å². The Morgan fingerprint density at radius 2 is 2.38 bits per heavy atom. The van der Waals surface area contributed by atoms with E-state index >= 15 is 0 Å². The van der Waals surface area contributed by atoms with E-state index < -0.39 is 0 Å². The first kappa shape index (κ1) is 11.0. The molecule has 1 amide bonds. The van der Waals surface area contributed by atoms with Crippen LogP contribution in [0.4, 0.5) is 0 Å².